The SMILES string of the molecule is COc1cccc(C(=O)C(=O)c2cccc(-c3ccccn3)c2)c1. The zero-order valence-corrected chi connectivity index (χ0v) is 13.1. The first-order valence-corrected chi connectivity index (χ1v) is 7.43. The monoisotopic (exact) mass is 317 g/mol. The number of hydrogen-bond donors (Lipinski definition) is 0. The van der Waals surface area contributed by atoms with E-state index in [1.54, 1.807) is 48.7 Å². The van der Waals surface area contributed by atoms with Gasteiger partial charge in [-0.2, -0.15) is 0 Å². The van der Waals surface area contributed by atoms with Crippen molar-refractivity contribution >= 4 is 11.6 Å². The van der Waals surface area contributed by atoms with Gasteiger partial charge in [-0.3, -0.25) is 14.6 Å². The van der Waals surface area contributed by atoms with E-state index in [4.69, 9.17) is 4.74 Å². The number of nitrogens with zero attached hydrogens (tertiary/aromatic N) is 1. The number of ether oxygens (including phenoxy) is 1. The molecule has 3 rings (SSSR count). The Kier molecular flexibility index (Phi) is 4.47. The van der Waals surface area contributed by atoms with E-state index in [1.807, 2.05) is 24.3 Å². The van der Waals surface area contributed by atoms with Crippen molar-refractivity contribution in [1.82, 2.24) is 4.98 Å². The number of aromatic nitrogens is 1. The summed E-state index contributed by atoms with van der Waals surface area (Å²) in [5, 5.41) is 0. The van der Waals surface area contributed by atoms with Crippen LogP contribution in [0.1, 0.15) is 20.7 Å². The molecule has 0 aliphatic rings. The molecule has 0 N–H and O–H groups in total. The molecule has 0 radical (unpaired) electrons. The zero-order chi connectivity index (χ0) is 16.9. The second kappa shape index (κ2) is 6.87. The largest absolute Gasteiger partial charge is 0.497 e. The fourth-order valence-electron chi connectivity index (χ4n) is 2.38. The third-order valence-corrected chi connectivity index (χ3v) is 3.62. The van der Waals surface area contributed by atoms with Gasteiger partial charge in [0.15, 0.2) is 0 Å². The fourth-order valence-corrected chi connectivity index (χ4v) is 2.38. The van der Waals surface area contributed by atoms with Gasteiger partial charge >= 0.3 is 0 Å². The standard InChI is InChI=1S/C20H15NO3/c1-24-17-9-5-8-16(13-17)20(23)19(22)15-7-4-6-14(12-15)18-10-2-3-11-21-18/h2-13H,1H3. The van der Waals surface area contributed by atoms with Gasteiger partial charge in [0.25, 0.3) is 0 Å². The van der Waals surface area contributed by atoms with Gasteiger partial charge in [-0.15, -0.1) is 0 Å². The molecule has 2 aromatic carbocycles. The van der Waals surface area contributed by atoms with E-state index in [1.165, 1.54) is 7.11 Å². The van der Waals surface area contributed by atoms with Crippen molar-refractivity contribution in [1.29, 1.82) is 0 Å². The zero-order valence-electron chi connectivity index (χ0n) is 13.1. The first-order chi connectivity index (χ1) is 11.7. The van der Waals surface area contributed by atoms with E-state index >= 15 is 0 Å². The van der Waals surface area contributed by atoms with Crippen molar-refractivity contribution in [3.63, 3.8) is 0 Å². The average molecular weight is 317 g/mol. The third-order valence-electron chi connectivity index (χ3n) is 3.62. The summed E-state index contributed by atoms with van der Waals surface area (Å²) in [5.41, 5.74) is 2.19. The number of methoxy groups -OCH3 is 1. The number of carbonyl (C=O) groups is 2. The Morgan fingerprint density at radius 3 is 2.21 bits per heavy atom. The van der Waals surface area contributed by atoms with Crippen molar-refractivity contribution in [3.05, 3.63) is 84.1 Å². The van der Waals surface area contributed by atoms with Gasteiger partial charge in [0.05, 0.1) is 12.8 Å². The molecule has 0 spiro atoms. The summed E-state index contributed by atoms with van der Waals surface area (Å²) in [6.45, 7) is 0. The van der Waals surface area contributed by atoms with E-state index in [0.717, 1.165) is 11.3 Å². The molecule has 0 atom stereocenters. The van der Waals surface area contributed by atoms with Gasteiger partial charge < -0.3 is 4.74 Å². The van der Waals surface area contributed by atoms with Gasteiger partial charge in [0, 0.05) is 22.9 Å². The highest BCUT2D eigenvalue weighted by Gasteiger charge is 2.19. The summed E-state index contributed by atoms with van der Waals surface area (Å²) in [7, 11) is 1.52. The van der Waals surface area contributed by atoms with Crippen LogP contribution < -0.4 is 4.74 Å². The number of carbonyl (C=O) groups excluding carboxylic acids is 2. The minimum absolute atomic E-state index is 0.308. The van der Waals surface area contributed by atoms with E-state index in [0.29, 0.717) is 16.9 Å². The number of pyridine rings is 1. The minimum atomic E-state index is -0.563. The van der Waals surface area contributed by atoms with Crippen LogP contribution in [0.25, 0.3) is 11.3 Å². The molecule has 0 bridgehead atoms. The highest BCUT2D eigenvalue weighted by Crippen LogP contribution is 2.20. The number of benzene rings is 2. The lowest BCUT2D eigenvalue weighted by atomic mass is 9.99. The quantitative estimate of drug-likeness (QED) is 0.530. The second-order valence-corrected chi connectivity index (χ2v) is 5.19. The molecule has 1 heterocycles. The molecule has 0 aliphatic heterocycles. The second-order valence-electron chi connectivity index (χ2n) is 5.19. The molecule has 0 aliphatic carbocycles. The summed E-state index contributed by atoms with van der Waals surface area (Å²) in [4.78, 5) is 29.2. The number of hydrogen-bond acceptors (Lipinski definition) is 4. The summed E-state index contributed by atoms with van der Waals surface area (Å²) in [6, 6.07) is 19.0. The first-order valence-electron chi connectivity index (χ1n) is 7.43. The highest BCUT2D eigenvalue weighted by molar-refractivity contribution is 6.49. The molecule has 0 saturated heterocycles. The molecule has 0 unspecified atom stereocenters. The van der Waals surface area contributed by atoms with Gasteiger partial charge in [-0.25, -0.2) is 0 Å². The lowest BCUT2D eigenvalue weighted by Crippen LogP contribution is -2.14. The number of Topliss-reactive ketones (excluding diaryl/α,β-unsaturated/α-hetero) is 2. The smallest absolute Gasteiger partial charge is 0.233 e. The van der Waals surface area contributed by atoms with Gasteiger partial charge in [-0.1, -0.05) is 36.4 Å². The molecular weight excluding hydrogens is 302 g/mol. The molecular formula is C20H15NO3. The molecule has 24 heavy (non-hydrogen) atoms. The normalized spacial score (nSPS) is 10.2. The van der Waals surface area contributed by atoms with Crippen LogP contribution in [0.5, 0.6) is 5.75 Å². The topological polar surface area (TPSA) is 56.3 Å². The van der Waals surface area contributed by atoms with Crippen LogP contribution in [0.3, 0.4) is 0 Å². The van der Waals surface area contributed by atoms with Crippen LogP contribution in [0.4, 0.5) is 0 Å². The van der Waals surface area contributed by atoms with E-state index < -0.39 is 11.6 Å². The van der Waals surface area contributed by atoms with Crippen LogP contribution in [-0.2, 0) is 0 Å². The lowest BCUT2D eigenvalue weighted by Gasteiger charge is -2.05. The van der Waals surface area contributed by atoms with Gasteiger partial charge in [0.1, 0.15) is 5.75 Å². The van der Waals surface area contributed by atoms with Crippen LogP contribution in [0.2, 0.25) is 0 Å². The predicted octanol–water partition coefficient (Wildman–Crippen LogP) is 3.82. The summed E-state index contributed by atoms with van der Waals surface area (Å²) >= 11 is 0. The van der Waals surface area contributed by atoms with Crippen LogP contribution in [0, 0.1) is 0 Å². The maximum atomic E-state index is 12.5. The van der Waals surface area contributed by atoms with Crippen molar-refractivity contribution < 1.29 is 14.3 Å². The van der Waals surface area contributed by atoms with Crippen LogP contribution in [-0.4, -0.2) is 23.7 Å². The predicted molar refractivity (Wildman–Crippen MR) is 91.3 cm³/mol. The van der Waals surface area contributed by atoms with E-state index in [-0.39, 0.29) is 0 Å². The number of ketones is 2. The molecule has 0 fully saturated rings. The average Bonchev–Trinajstić information content (AvgIpc) is 2.67. The molecule has 4 nitrogen and oxygen atoms in total. The third kappa shape index (κ3) is 3.22. The Labute approximate surface area is 139 Å². The molecule has 1 aromatic heterocycles. The Morgan fingerprint density at radius 1 is 0.833 bits per heavy atom. The van der Waals surface area contributed by atoms with Crippen molar-refractivity contribution in [2.75, 3.05) is 7.11 Å². The first kappa shape index (κ1) is 15.6. The Hall–Kier alpha value is -3.27. The van der Waals surface area contributed by atoms with Gasteiger partial charge in [-0.05, 0) is 30.3 Å². The molecule has 3 aromatic rings. The van der Waals surface area contributed by atoms with E-state index in [2.05, 4.69) is 4.98 Å². The van der Waals surface area contributed by atoms with Crippen molar-refractivity contribution in [2.45, 2.75) is 0 Å². The van der Waals surface area contributed by atoms with Crippen molar-refractivity contribution in [3.8, 4) is 17.0 Å². The molecule has 118 valence electrons. The lowest BCUT2D eigenvalue weighted by molar-refractivity contribution is 0.0817. The Morgan fingerprint density at radius 2 is 1.54 bits per heavy atom. The van der Waals surface area contributed by atoms with Crippen LogP contribution >= 0.6 is 0 Å². The maximum Gasteiger partial charge on any atom is 0.233 e. The highest BCUT2D eigenvalue weighted by atomic mass is 16.5. The summed E-state index contributed by atoms with van der Waals surface area (Å²) in [6.07, 6.45) is 1.69. The number of rotatable bonds is 5. The van der Waals surface area contributed by atoms with Gasteiger partial charge in [0.2, 0.25) is 11.6 Å². The summed E-state index contributed by atoms with van der Waals surface area (Å²) in [5.74, 6) is -0.580. The van der Waals surface area contributed by atoms with Crippen molar-refractivity contribution in [2.24, 2.45) is 0 Å². The fraction of sp³-hybridized carbons (Fsp3) is 0.0500. The Bertz CT molecular complexity index is 888. The molecule has 4 heteroatoms. The minimum Gasteiger partial charge on any atom is -0.497 e. The summed E-state index contributed by atoms with van der Waals surface area (Å²) < 4.78 is 5.10. The Balaban J connectivity index is 1.91. The molecule has 0 amide bonds. The maximum absolute atomic E-state index is 12.5. The van der Waals surface area contributed by atoms with Crippen LogP contribution in [0.15, 0.2) is 72.9 Å². The van der Waals surface area contributed by atoms with E-state index in [9.17, 15) is 9.59 Å². The molecule has 0 saturated carbocycles.